The lowest BCUT2D eigenvalue weighted by atomic mass is 10.1. The average Bonchev–Trinajstić information content (AvgIpc) is 2.51. The molecule has 0 unspecified atom stereocenters. The fraction of sp³-hybridized carbons (Fsp3) is 0.312. The van der Waals surface area contributed by atoms with Crippen molar-refractivity contribution in [3.05, 3.63) is 35.4 Å². The molecule has 0 bridgehead atoms. The highest BCUT2D eigenvalue weighted by molar-refractivity contribution is 7.80. The molecule has 1 heterocycles. The molecular formula is C16H19N5S. The third-order valence-electron chi connectivity index (χ3n) is 3.13. The number of thiocarbonyl (C=S) groups is 1. The normalized spacial score (nSPS) is 10.0. The van der Waals surface area contributed by atoms with Gasteiger partial charge in [0.2, 0.25) is 0 Å². The van der Waals surface area contributed by atoms with Gasteiger partial charge in [-0.05, 0) is 43.8 Å². The highest BCUT2D eigenvalue weighted by Gasteiger charge is 2.06. The number of fused-ring (bicyclic) bond motifs is 1. The number of anilines is 1. The zero-order valence-electron chi connectivity index (χ0n) is 12.7. The standard InChI is InChI=1S/C16H19N5S/c1-3-18-16(22)20-7-6-19-15-13(10-17)9-12-5-4-11(2)8-14(12)21-15/h4-5,8-9H,3,6-7H2,1-2H3,(H,19,21)(H2,18,20,22). The number of aromatic nitrogens is 1. The monoisotopic (exact) mass is 313 g/mol. The first-order valence-electron chi connectivity index (χ1n) is 7.21. The van der Waals surface area contributed by atoms with Gasteiger partial charge in [0.05, 0.1) is 11.1 Å². The summed E-state index contributed by atoms with van der Waals surface area (Å²) in [6.45, 7) is 6.10. The second-order valence-corrected chi connectivity index (χ2v) is 5.31. The Hall–Kier alpha value is -2.39. The van der Waals surface area contributed by atoms with E-state index in [-0.39, 0.29) is 0 Å². The number of hydrogen-bond donors (Lipinski definition) is 3. The van der Waals surface area contributed by atoms with E-state index in [1.165, 1.54) is 0 Å². The highest BCUT2D eigenvalue weighted by atomic mass is 32.1. The lowest BCUT2D eigenvalue weighted by molar-refractivity contribution is 0.853. The van der Waals surface area contributed by atoms with Gasteiger partial charge in [-0.25, -0.2) is 4.98 Å². The van der Waals surface area contributed by atoms with Crippen LogP contribution in [0.2, 0.25) is 0 Å². The molecule has 0 aliphatic heterocycles. The van der Waals surface area contributed by atoms with Crippen LogP contribution in [-0.2, 0) is 0 Å². The van der Waals surface area contributed by atoms with Crippen molar-refractivity contribution in [2.75, 3.05) is 25.0 Å². The minimum atomic E-state index is 0.547. The number of aryl methyl sites for hydroxylation is 1. The van der Waals surface area contributed by atoms with Gasteiger partial charge in [-0.2, -0.15) is 5.26 Å². The van der Waals surface area contributed by atoms with Crippen LogP contribution in [-0.4, -0.2) is 29.7 Å². The molecule has 0 aliphatic carbocycles. The average molecular weight is 313 g/mol. The van der Waals surface area contributed by atoms with Crippen LogP contribution in [0.25, 0.3) is 10.9 Å². The van der Waals surface area contributed by atoms with Crippen molar-refractivity contribution in [1.29, 1.82) is 5.26 Å². The molecule has 0 aliphatic rings. The molecule has 0 saturated heterocycles. The van der Waals surface area contributed by atoms with Gasteiger partial charge in [-0.3, -0.25) is 0 Å². The summed E-state index contributed by atoms with van der Waals surface area (Å²) in [7, 11) is 0. The molecule has 1 aromatic heterocycles. The van der Waals surface area contributed by atoms with Crippen molar-refractivity contribution in [3.8, 4) is 6.07 Å². The molecule has 0 radical (unpaired) electrons. The topological polar surface area (TPSA) is 72.8 Å². The van der Waals surface area contributed by atoms with E-state index < -0.39 is 0 Å². The van der Waals surface area contributed by atoms with E-state index in [0.29, 0.717) is 29.6 Å². The first-order valence-corrected chi connectivity index (χ1v) is 7.62. The predicted molar refractivity (Wildman–Crippen MR) is 94.0 cm³/mol. The molecule has 0 fully saturated rings. The lowest BCUT2D eigenvalue weighted by Crippen LogP contribution is -2.37. The minimum absolute atomic E-state index is 0.547. The largest absolute Gasteiger partial charge is 0.367 e. The van der Waals surface area contributed by atoms with Crippen LogP contribution in [0.15, 0.2) is 24.3 Å². The molecule has 0 saturated carbocycles. The molecule has 0 spiro atoms. The van der Waals surface area contributed by atoms with Crippen LogP contribution >= 0.6 is 12.2 Å². The second-order valence-electron chi connectivity index (χ2n) is 4.91. The summed E-state index contributed by atoms with van der Waals surface area (Å²) in [5, 5.41) is 20.2. The van der Waals surface area contributed by atoms with Gasteiger partial charge < -0.3 is 16.0 Å². The van der Waals surface area contributed by atoms with Crippen LogP contribution in [0.5, 0.6) is 0 Å². The maximum atomic E-state index is 9.27. The van der Waals surface area contributed by atoms with Crippen molar-refractivity contribution < 1.29 is 0 Å². The number of rotatable bonds is 5. The molecule has 0 atom stereocenters. The van der Waals surface area contributed by atoms with E-state index in [9.17, 15) is 5.26 Å². The third kappa shape index (κ3) is 4.06. The maximum absolute atomic E-state index is 9.27. The summed E-state index contributed by atoms with van der Waals surface area (Å²) < 4.78 is 0. The summed E-state index contributed by atoms with van der Waals surface area (Å²) in [4.78, 5) is 4.55. The molecule has 3 N–H and O–H groups in total. The first-order chi connectivity index (χ1) is 10.6. The van der Waals surface area contributed by atoms with E-state index in [1.807, 2.05) is 38.1 Å². The summed E-state index contributed by atoms with van der Waals surface area (Å²) in [6.07, 6.45) is 0. The minimum Gasteiger partial charge on any atom is -0.367 e. The Kier molecular flexibility index (Phi) is 5.50. The van der Waals surface area contributed by atoms with E-state index in [1.54, 1.807) is 0 Å². The van der Waals surface area contributed by atoms with Crippen LogP contribution in [0.1, 0.15) is 18.1 Å². The summed E-state index contributed by atoms with van der Waals surface area (Å²) in [6, 6.07) is 10.1. The van der Waals surface area contributed by atoms with E-state index >= 15 is 0 Å². The molecule has 2 rings (SSSR count). The molecule has 0 amide bonds. The molecule has 6 heteroatoms. The van der Waals surface area contributed by atoms with Gasteiger partial charge in [0.25, 0.3) is 0 Å². The summed E-state index contributed by atoms with van der Waals surface area (Å²) in [5.41, 5.74) is 2.58. The Balaban J connectivity index is 2.06. The van der Waals surface area contributed by atoms with E-state index in [4.69, 9.17) is 12.2 Å². The molecule has 2 aromatic rings. The second kappa shape index (κ2) is 7.57. The fourth-order valence-electron chi connectivity index (χ4n) is 2.08. The van der Waals surface area contributed by atoms with Crippen molar-refractivity contribution >= 4 is 34.1 Å². The van der Waals surface area contributed by atoms with Crippen molar-refractivity contribution in [2.45, 2.75) is 13.8 Å². The number of nitrogens with one attached hydrogen (secondary N) is 3. The number of pyridine rings is 1. The van der Waals surface area contributed by atoms with Crippen molar-refractivity contribution in [1.82, 2.24) is 15.6 Å². The summed E-state index contributed by atoms with van der Waals surface area (Å²) in [5.74, 6) is 0.608. The molecule has 114 valence electrons. The SMILES string of the molecule is CCNC(=S)NCCNc1nc2cc(C)ccc2cc1C#N. The van der Waals surface area contributed by atoms with Crippen LogP contribution < -0.4 is 16.0 Å². The molecular weight excluding hydrogens is 294 g/mol. The van der Waals surface area contributed by atoms with Gasteiger partial charge in [-0.15, -0.1) is 0 Å². The Morgan fingerprint density at radius 2 is 2.09 bits per heavy atom. The quantitative estimate of drug-likeness (QED) is 0.581. The lowest BCUT2D eigenvalue weighted by Gasteiger charge is -2.11. The number of nitrogens with zero attached hydrogens (tertiary/aromatic N) is 2. The van der Waals surface area contributed by atoms with E-state index in [0.717, 1.165) is 23.0 Å². The number of hydrogen-bond acceptors (Lipinski definition) is 4. The van der Waals surface area contributed by atoms with Crippen molar-refractivity contribution in [3.63, 3.8) is 0 Å². The predicted octanol–water partition coefficient (Wildman–Crippen LogP) is 2.31. The van der Waals surface area contributed by atoms with Gasteiger partial charge >= 0.3 is 0 Å². The number of benzene rings is 1. The molecule has 5 nitrogen and oxygen atoms in total. The Morgan fingerprint density at radius 3 is 2.82 bits per heavy atom. The third-order valence-corrected chi connectivity index (χ3v) is 3.42. The first kappa shape index (κ1) is 16.0. The van der Waals surface area contributed by atoms with Gasteiger partial charge in [0.15, 0.2) is 5.11 Å². The maximum Gasteiger partial charge on any atom is 0.166 e. The van der Waals surface area contributed by atoms with Crippen LogP contribution in [0.3, 0.4) is 0 Å². The Labute approximate surface area is 135 Å². The van der Waals surface area contributed by atoms with Crippen LogP contribution in [0.4, 0.5) is 5.82 Å². The molecule has 22 heavy (non-hydrogen) atoms. The highest BCUT2D eigenvalue weighted by Crippen LogP contribution is 2.20. The summed E-state index contributed by atoms with van der Waals surface area (Å²) >= 11 is 5.09. The Morgan fingerprint density at radius 1 is 1.27 bits per heavy atom. The fourth-order valence-corrected chi connectivity index (χ4v) is 2.32. The smallest absolute Gasteiger partial charge is 0.166 e. The van der Waals surface area contributed by atoms with Gasteiger partial charge in [0.1, 0.15) is 11.9 Å². The van der Waals surface area contributed by atoms with Crippen LogP contribution in [0, 0.1) is 18.3 Å². The van der Waals surface area contributed by atoms with Gasteiger partial charge in [0, 0.05) is 25.0 Å². The molecule has 1 aromatic carbocycles. The number of nitriles is 1. The van der Waals surface area contributed by atoms with E-state index in [2.05, 4.69) is 27.0 Å². The Bertz CT molecular complexity index is 720. The zero-order chi connectivity index (χ0) is 15.9. The van der Waals surface area contributed by atoms with Crippen molar-refractivity contribution in [2.24, 2.45) is 0 Å². The van der Waals surface area contributed by atoms with Gasteiger partial charge in [-0.1, -0.05) is 12.1 Å². The zero-order valence-corrected chi connectivity index (χ0v) is 13.5.